The van der Waals surface area contributed by atoms with Gasteiger partial charge >= 0.3 is 0 Å². The molecule has 0 fully saturated rings. The average molecular weight is 375 g/mol. The summed E-state index contributed by atoms with van der Waals surface area (Å²) in [5.41, 5.74) is 2.47. The molecule has 3 rings (SSSR count). The molecular weight excluding hydrogens is 355 g/mol. The van der Waals surface area contributed by atoms with Gasteiger partial charge in [-0.05, 0) is 42.0 Å². The van der Waals surface area contributed by atoms with E-state index >= 15 is 0 Å². The summed E-state index contributed by atoms with van der Waals surface area (Å²) in [7, 11) is 0. The molecule has 1 N–H and O–H groups in total. The molecule has 0 saturated heterocycles. The molecule has 0 bridgehead atoms. The summed E-state index contributed by atoms with van der Waals surface area (Å²) in [4.78, 5) is 4.85. The van der Waals surface area contributed by atoms with Gasteiger partial charge in [-0.3, -0.25) is 4.21 Å². The first-order valence-corrected chi connectivity index (χ1v) is 9.54. The van der Waals surface area contributed by atoms with Gasteiger partial charge in [-0.2, -0.15) is 0 Å². The number of nitrogens with zero attached hydrogens (tertiary/aromatic N) is 1. The number of benzene rings is 2. The standard InChI is InChI=1S/C19H21FN2O3S/c1-3-19(4-2)22-18(14-6-8-15(20)9-7-14)16-10-5-13(11-17(16)25-19)12-21-26(23)24/h5-11,21H,3-4,12H2,1-2H3,(H,23,24)/p-1. The van der Waals surface area contributed by atoms with E-state index in [0.29, 0.717) is 18.6 Å². The summed E-state index contributed by atoms with van der Waals surface area (Å²) in [5.74, 6) is 0.352. The maximum Gasteiger partial charge on any atom is 0.200 e. The monoisotopic (exact) mass is 375 g/mol. The molecule has 0 aromatic heterocycles. The van der Waals surface area contributed by atoms with E-state index in [0.717, 1.165) is 22.4 Å². The highest BCUT2D eigenvalue weighted by atomic mass is 32.2. The second kappa shape index (κ2) is 7.65. The van der Waals surface area contributed by atoms with Crippen molar-refractivity contribution in [2.24, 2.45) is 4.99 Å². The Kier molecular flexibility index (Phi) is 5.50. The van der Waals surface area contributed by atoms with Crippen molar-refractivity contribution in [2.45, 2.75) is 39.0 Å². The van der Waals surface area contributed by atoms with Crippen molar-refractivity contribution in [1.82, 2.24) is 4.72 Å². The van der Waals surface area contributed by atoms with Gasteiger partial charge in [0.05, 0.1) is 5.71 Å². The first kappa shape index (κ1) is 18.7. The molecule has 1 unspecified atom stereocenters. The van der Waals surface area contributed by atoms with Crippen LogP contribution in [0.3, 0.4) is 0 Å². The zero-order chi connectivity index (χ0) is 18.7. The summed E-state index contributed by atoms with van der Waals surface area (Å²) in [6, 6.07) is 11.7. The fourth-order valence-corrected chi connectivity index (χ4v) is 3.26. The molecule has 0 amide bonds. The lowest BCUT2D eigenvalue weighted by Crippen LogP contribution is -2.37. The van der Waals surface area contributed by atoms with Crippen LogP contribution in [-0.2, 0) is 17.8 Å². The summed E-state index contributed by atoms with van der Waals surface area (Å²) < 4.78 is 43.3. The third kappa shape index (κ3) is 3.85. The molecular formula is C19H20FN2O3S-. The van der Waals surface area contributed by atoms with Gasteiger partial charge in [0, 0.05) is 41.8 Å². The third-order valence-electron chi connectivity index (χ3n) is 4.53. The molecule has 0 aliphatic carbocycles. The molecule has 0 radical (unpaired) electrons. The maximum atomic E-state index is 13.3. The average Bonchev–Trinajstić information content (AvgIpc) is 2.65. The van der Waals surface area contributed by atoms with Gasteiger partial charge in [0.1, 0.15) is 11.6 Å². The lowest BCUT2D eigenvalue weighted by molar-refractivity contribution is 0.0658. The molecule has 0 saturated carbocycles. The second-order valence-electron chi connectivity index (χ2n) is 6.11. The number of rotatable bonds is 6. The number of ether oxygens (including phenoxy) is 1. The lowest BCUT2D eigenvalue weighted by atomic mass is 9.95. The SMILES string of the molecule is CCC1(CC)N=C(c2ccc(F)cc2)c2ccc(CNS(=O)[O-])cc2O1. The van der Waals surface area contributed by atoms with Crippen LogP contribution in [0.2, 0.25) is 0 Å². The minimum atomic E-state index is -2.33. The van der Waals surface area contributed by atoms with E-state index in [1.165, 1.54) is 12.1 Å². The molecule has 2 aromatic carbocycles. The van der Waals surface area contributed by atoms with E-state index in [1.54, 1.807) is 12.1 Å². The van der Waals surface area contributed by atoms with Gasteiger partial charge in [0.2, 0.25) is 0 Å². The van der Waals surface area contributed by atoms with E-state index < -0.39 is 17.0 Å². The molecule has 1 aliphatic rings. The summed E-state index contributed by atoms with van der Waals surface area (Å²) >= 11 is -2.33. The van der Waals surface area contributed by atoms with Gasteiger partial charge in [0.25, 0.3) is 0 Å². The quantitative estimate of drug-likeness (QED) is 0.786. The summed E-state index contributed by atoms with van der Waals surface area (Å²) in [6.45, 7) is 4.19. The van der Waals surface area contributed by atoms with Crippen molar-refractivity contribution in [1.29, 1.82) is 0 Å². The van der Waals surface area contributed by atoms with Crippen LogP contribution in [0.25, 0.3) is 0 Å². The molecule has 7 heteroatoms. The van der Waals surface area contributed by atoms with Crippen LogP contribution < -0.4 is 9.46 Å². The van der Waals surface area contributed by atoms with Gasteiger partial charge < -0.3 is 9.29 Å². The second-order valence-corrected chi connectivity index (χ2v) is 6.87. The molecule has 1 heterocycles. The number of hydrogen-bond acceptors (Lipinski definition) is 4. The summed E-state index contributed by atoms with van der Waals surface area (Å²) in [5, 5.41) is 0. The highest BCUT2D eigenvalue weighted by Crippen LogP contribution is 2.36. The smallest absolute Gasteiger partial charge is 0.200 e. The lowest BCUT2D eigenvalue weighted by Gasteiger charge is -2.35. The minimum absolute atomic E-state index is 0.182. The van der Waals surface area contributed by atoms with E-state index in [2.05, 4.69) is 4.72 Å². The van der Waals surface area contributed by atoms with Crippen molar-refractivity contribution in [3.8, 4) is 5.75 Å². The number of fused-ring (bicyclic) bond motifs is 1. The van der Waals surface area contributed by atoms with Crippen LogP contribution in [0.5, 0.6) is 5.75 Å². The van der Waals surface area contributed by atoms with Gasteiger partial charge in [-0.25, -0.2) is 14.1 Å². The van der Waals surface area contributed by atoms with E-state index in [9.17, 15) is 13.2 Å². The van der Waals surface area contributed by atoms with Gasteiger partial charge in [-0.15, -0.1) is 0 Å². The molecule has 5 nitrogen and oxygen atoms in total. The molecule has 26 heavy (non-hydrogen) atoms. The van der Waals surface area contributed by atoms with E-state index in [4.69, 9.17) is 9.73 Å². The molecule has 1 atom stereocenters. The zero-order valence-corrected chi connectivity index (χ0v) is 15.4. The highest BCUT2D eigenvalue weighted by molar-refractivity contribution is 7.77. The van der Waals surface area contributed by atoms with Crippen LogP contribution in [0.1, 0.15) is 43.4 Å². The molecule has 1 aliphatic heterocycles. The fourth-order valence-electron chi connectivity index (χ4n) is 2.97. The van der Waals surface area contributed by atoms with Crippen LogP contribution >= 0.6 is 0 Å². The zero-order valence-electron chi connectivity index (χ0n) is 14.6. The van der Waals surface area contributed by atoms with Crippen LogP contribution in [0.4, 0.5) is 4.39 Å². The van der Waals surface area contributed by atoms with Crippen molar-refractivity contribution < 1.29 is 17.9 Å². The topological polar surface area (TPSA) is 73.8 Å². The summed E-state index contributed by atoms with van der Waals surface area (Å²) in [6.07, 6.45) is 1.36. The Hall–Kier alpha value is -2.09. The van der Waals surface area contributed by atoms with E-state index in [-0.39, 0.29) is 12.4 Å². The Morgan fingerprint density at radius 1 is 1.19 bits per heavy atom. The molecule has 138 valence electrons. The Labute approximate surface area is 154 Å². The van der Waals surface area contributed by atoms with Crippen LogP contribution in [-0.4, -0.2) is 20.2 Å². The first-order valence-electron chi connectivity index (χ1n) is 8.47. The number of halogens is 1. The van der Waals surface area contributed by atoms with Crippen molar-refractivity contribution in [3.63, 3.8) is 0 Å². The van der Waals surface area contributed by atoms with Gasteiger partial charge in [0.15, 0.2) is 5.72 Å². The highest BCUT2D eigenvalue weighted by Gasteiger charge is 2.34. The minimum Gasteiger partial charge on any atom is -0.760 e. The maximum absolute atomic E-state index is 13.3. The van der Waals surface area contributed by atoms with Gasteiger partial charge in [-0.1, -0.05) is 19.9 Å². The van der Waals surface area contributed by atoms with E-state index in [1.807, 2.05) is 32.0 Å². The fraction of sp³-hybridized carbons (Fsp3) is 0.316. The Balaban J connectivity index is 2.06. The Morgan fingerprint density at radius 3 is 2.50 bits per heavy atom. The first-order chi connectivity index (χ1) is 12.5. The number of nitrogens with one attached hydrogen (secondary N) is 1. The number of hydrogen-bond donors (Lipinski definition) is 1. The molecule has 2 aromatic rings. The Morgan fingerprint density at radius 2 is 1.88 bits per heavy atom. The number of aliphatic imine (C=N–C) groups is 1. The largest absolute Gasteiger partial charge is 0.760 e. The predicted molar refractivity (Wildman–Crippen MR) is 98.2 cm³/mol. The van der Waals surface area contributed by atoms with Crippen molar-refractivity contribution >= 4 is 17.0 Å². The van der Waals surface area contributed by atoms with Crippen LogP contribution in [0.15, 0.2) is 47.5 Å². The normalized spacial score (nSPS) is 16.4. The molecule has 0 spiro atoms. The predicted octanol–water partition coefficient (Wildman–Crippen LogP) is 3.46. The van der Waals surface area contributed by atoms with Crippen LogP contribution in [0, 0.1) is 5.82 Å². The third-order valence-corrected chi connectivity index (χ3v) is 4.91. The Bertz CT molecular complexity index is 848. The van der Waals surface area contributed by atoms with Crippen molar-refractivity contribution in [3.05, 3.63) is 65.0 Å². The van der Waals surface area contributed by atoms with Crippen molar-refractivity contribution in [2.75, 3.05) is 0 Å².